The number of hydrogen-bond donors (Lipinski definition) is 2. The van der Waals surface area contributed by atoms with Crippen molar-refractivity contribution in [2.45, 2.75) is 26.7 Å². The lowest BCUT2D eigenvalue weighted by Crippen LogP contribution is -2.24. The molecule has 0 aliphatic carbocycles. The lowest BCUT2D eigenvalue weighted by Gasteiger charge is -2.15. The molecule has 0 radical (unpaired) electrons. The molecule has 1 unspecified atom stereocenters. The fraction of sp³-hybridized carbons (Fsp3) is 0.533. The number of carbonyl (C=O) groups excluding carboxylic acids is 1. The second kappa shape index (κ2) is 6.57. The van der Waals surface area contributed by atoms with Crippen molar-refractivity contribution in [2.24, 2.45) is 5.92 Å². The first-order valence-corrected chi connectivity index (χ1v) is 6.95. The Morgan fingerprint density at radius 3 is 3.05 bits per heavy atom. The first kappa shape index (κ1) is 13.9. The highest BCUT2D eigenvalue weighted by molar-refractivity contribution is 5.94. The monoisotopic (exact) mass is 262 g/mol. The summed E-state index contributed by atoms with van der Waals surface area (Å²) in [6.07, 6.45) is 1.86. The van der Waals surface area contributed by atoms with Crippen molar-refractivity contribution in [1.82, 2.24) is 5.32 Å². The Balaban J connectivity index is 2.07. The van der Waals surface area contributed by atoms with Gasteiger partial charge in [0, 0.05) is 6.54 Å². The molecule has 1 aromatic carbocycles. The summed E-state index contributed by atoms with van der Waals surface area (Å²) in [5, 5.41) is 6.19. The van der Waals surface area contributed by atoms with Crippen molar-refractivity contribution in [3.05, 3.63) is 23.8 Å². The molecule has 1 heterocycles. The summed E-state index contributed by atoms with van der Waals surface area (Å²) in [6.45, 7) is 6.44. The summed E-state index contributed by atoms with van der Waals surface area (Å²) in [6, 6.07) is 5.88. The van der Waals surface area contributed by atoms with Crippen LogP contribution in [0.2, 0.25) is 0 Å². The Morgan fingerprint density at radius 1 is 1.53 bits per heavy atom. The van der Waals surface area contributed by atoms with Gasteiger partial charge < -0.3 is 15.4 Å². The molecular formula is C15H22N2O2. The van der Waals surface area contributed by atoms with E-state index in [0.29, 0.717) is 6.61 Å². The molecule has 1 aliphatic rings. The second-order valence-corrected chi connectivity index (χ2v) is 5.03. The molecule has 4 nitrogen and oxygen atoms in total. The molecule has 0 spiro atoms. The minimum absolute atomic E-state index is 0.0697. The number of ether oxygens (including phenoxy) is 1. The molecule has 1 fully saturated rings. The van der Waals surface area contributed by atoms with Crippen LogP contribution in [0.5, 0.6) is 5.75 Å². The van der Waals surface area contributed by atoms with Crippen LogP contribution in [0.25, 0.3) is 0 Å². The van der Waals surface area contributed by atoms with E-state index in [-0.39, 0.29) is 11.8 Å². The van der Waals surface area contributed by atoms with Crippen LogP contribution < -0.4 is 15.4 Å². The van der Waals surface area contributed by atoms with Crippen LogP contribution in [0, 0.1) is 12.8 Å². The van der Waals surface area contributed by atoms with Crippen molar-refractivity contribution in [1.29, 1.82) is 0 Å². The van der Waals surface area contributed by atoms with Crippen molar-refractivity contribution in [2.75, 3.05) is 25.0 Å². The molecule has 1 aromatic rings. The number of carbonyl (C=O) groups is 1. The maximum absolute atomic E-state index is 12.1. The van der Waals surface area contributed by atoms with Crippen LogP contribution in [-0.2, 0) is 4.79 Å². The zero-order chi connectivity index (χ0) is 13.7. The molecular weight excluding hydrogens is 240 g/mol. The van der Waals surface area contributed by atoms with Crippen LogP contribution in [0.3, 0.4) is 0 Å². The lowest BCUT2D eigenvalue weighted by atomic mass is 10.1. The number of hydrogen-bond acceptors (Lipinski definition) is 3. The lowest BCUT2D eigenvalue weighted by molar-refractivity contribution is -0.119. The van der Waals surface area contributed by atoms with Gasteiger partial charge in [0.1, 0.15) is 5.75 Å². The van der Waals surface area contributed by atoms with Crippen molar-refractivity contribution >= 4 is 11.6 Å². The maximum atomic E-state index is 12.1. The van der Waals surface area contributed by atoms with Gasteiger partial charge in [-0.25, -0.2) is 0 Å². The predicted octanol–water partition coefficient (Wildman–Crippen LogP) is 2.33. The van der Waals surface area contributed by atoms with Crippen LogP contribution in [0.4, 0.5) is 5.69 Å². The Hall–Kier alpha value is -1.55. The van der Waals surface area contributed by atoms with Gasteiger partial charge >= 0.3 is 0 Å². The van der Waals surface area contributed by atoms with E-state index in [9.17, 15) is 4.79 Å². The van der Waals surface area contributed by atoms with Gasteiger partial charge in [0.25, 0.3) is 0 Å². The Labute approximate surface area is 114 Å². The summed E-state index contributed by atoms with van der Waals surface area (Å²) in [5.41, 5.74) is 1.91. The predicted molar refractivity (Wildman–Crippen MR) is 76.6 cm³/mol. The van der Waals surface area contributed by atoms with Crippen molar-refractivity contribution in [3.63, 3.8) is 0 Å². The fourth-order valence-electron chi connectivity index (χ4n) is 2.18. The highest BCUT2D eigenvalue weighted by Crippen LogP contribution is 2.27. The Bertz CT molecular complexity index is 440. The summed E-state index contributed by atoms with van der Waals surface area (Å²) in [5.74, 6) is 0.914. The standard InChI is InChI=1S/C15H22N2O2/c1-3-8-19-14-9-11(2)4-5-13(14)17-15(18)12-6-7-16-10-12/h4-5,9,12,16H,3,6-8,10H2,1-2H3,(H,17,18). The van der Waals surface area contributed by atoms with Gasteiger partial charge in [0.15, 0.2) is 0 Å². The Morgan fingerprint density at radius 2 is 2.37 bits per heavy atom. The highest BCUT2D eigenvalue weighted by atomic mass is 16.5. The van der Waals surface area contributed by atoms with Crippen LogP contribution in [-0.4, -0.2) is 25.6 Å². The highest BCUT2D eigenvalue weighted by Gasteiger charge is 2.23. The molecule has 1 amide bonds. The zero-order valence-electron chi connectivity index (χ0n) is 11.7. The minimum Gasteiger partial charge on any atom is -0.491 e. The third kappa shape index (κ3) is 3.70. The summed E-state index contributed by atoms with van der Waals surface area (Å²) < 4.78 is 5.70. The quantitative estimate of drug-likeness (QED) is 0.856. The van der Waals surface area contributed by atoms with Crippen molar-refractivity contribution in [3.8, 4) is 5.75 Å². The third-order valence-corrected chi connectivity index (χ3v) is 3.29. The third-order valence-electron chi connectivity index (χ3n) is 3.29. The number of rotatable bonds is 5. The van der Waals surface area contributed by atoms with Crippen molar-refractivity contribution < 1.29 is 9.53 Å². The molecule has 104 valence electrons. The molecule has 2 rings (SSSR count). The minimum atomic E-state index is 0.0697. The first-order valence-electron chi connectivity index (χ1n) is 6.95. The largest absolute Gasteiger partial charge is 0.491 e. The molecule has 1 saturated heterocycles. The number of nitrogens with one attached hydrogen (secondary N) is 2. The summed E-state index contributed by atoms with van der Waals surface area (Å²) >= 11 is 0. The molecule has 1 aliphatic heterocycles. The normalized spacial score (nSPS) is 18.3. The van der Waals surface area contributed by atoms with E-state index in [1.54, 1.807) is 0 Å². The van der Waals surface area contributed by atoms with Crippen LogP contribution in [0.15, 0.2) is 18.2 Å². The maximum Gasteiger partial charge on any atom is 0.228 e. The van der Waals surface area contributed by atoms with Gasteiger partial charge in [-0.05, 0) is 44.0 Å². The second-order valence-electron chi connectivity index (χ2n) is 5.03. The van der Waals surface area contributed by atoms with E-state index in [1.165, 1.54) is 0 Å². The molecule has 0 aromatic heterocycles. The number of anilines is 1. The zero-order valence-corrected chi connectivity index (χ0v) is 11.7. The SMILES string of the molecule is CCCOc1cc(C)ccc1NC(=O)C1CCNC1. The number of amides is 1. The van der Waals surface area contributed by atoms with E-state index < -0.39 is 0 Å². The van der Waals surface area contributed by atoms with E-state index in [1.807, 2.05) is 25.1 Å². The molecule has 0 bridgehead atoms. The average molecular weight is 262 g/mol. The topological polar surface area (TPSA) is 50.4 Å². The smallest absolute Gasteiger partial charge is 0.228 e. The van der Waals surface area contributed by atoms with Crippen LogP contribution in [0.1, 0.15) is 25.3 Å². The molecule has 0 saturated carbocycles. The molecule has 2 N–H and O–H groups in total. The van der Waals surface area contributed by atoms with Gasteiger partial charge in [0.2, 0.25) is 5.91 Å². The fourth-order valence-corrected chi connectivity index (χ4v) is 2.18. The Kier molecular flexibility index (Phi) is 4.80. The van der Waals surface area contributed by atoms with E-state index in [2.05, 4.69) is 17.6 Å². The van der Waals surface area contributed by atoms with Gasteiger partial charge in [-0.1, -0.05) is 13.0 Å². The van der Waals surface area contributed by atoms with E-state index >= 15 is 0 Å². The number of aryl methyl sites for hydroxylation is 1. The van der Waals surface area contributed by atoms with Crippen LogP contribution >= 0.6 is 0 Å². The van der Waals surface area contributed by atoms with E-state index in [0.717, 1.165) is 42.9 Å². The van der Waals surface area contributed by atoms with Gasteiger partial charge in [-0.3, -0.25) is 4.79 Å². The first-order chi connectivity index (χ1) is 9.20. The summed E-state index contributed by atoms with van der Waals surface area (Å²) in [4.78, 5) is 12.1. The van der Waals surface area contributed by atoms with Gasteiger partial charge in [0.05, 0.1) is 18.2 Å². The molecule has 19 heavy (non-hydrogen) atoms. The average Bonchev–Trinajstić information content (AvgIpc) is 2.93. The molecule has 4 heteroatoms. The van der Waals surface area contributed by atoms with E-state index in [4.69, 9.17) is 4.74 Å². The molecule has 1 atom stereocenters. The number of benzene rings is 1. The summed E-state index contributed by atoms with van der Waals surface area (Å²) in [7, 11) is 0. The van der Waals surface area contributed by atoms with Gasteiger partial charge in [-0.2, -0.15) is 0 Å². The van der Waals surface area contributed by atoms with Gasteiger partial charge in [-0.15, -0.1) is 0 Å².